The fourth-order valence-electron chi connectivity index (χ4n) is 2.32. The highest BCUT2D eigenvalue weighted by Crippen LogP contribution is 2.08. The van der Waals surface area contributed by atoms with Gasteiger partial charge in [0.15, 0.2) is 0 Å². The number of hydrogen-bond donors (Lipinski definition) is 4. The summed E-state index contributed by atoms with van der Waals surface area (Å²) in [7, 11) is 0. The van der Waals surface area contributed by atoms with Crippen molar-refractivity contribution >= 4 is 23.6 Å². The minimum Gasteiger partial charge on any atom is -0.469 e. The minimum absolute atomic E-state index is 0.137. The van der Waals surface area contributed by atoms with E-state index in [1.54, 1.807) is 13.8 Å². The van der Waals surface area contributed by atoms with Crippen molar-refractivity contribution in [1.29, 1.82) is 0 Å². The first-order chi connectivity index (χ1) is 13.4. The summed E-state index contributed by atoms with van der Waals surface area (Å²) in [6.07, 6.45) is 3.92. The van der Waals surface area contributed by atoms with Gasteiger partial charge >= 0.3 is 0 Å². The van der Waals surface area contributed by atoms with Gasteiger partial charge in [0.25, 0.3) is 11.8 Å². The van der Waals surface area contributed by atoms with Crippen molar-refractivity contribution in [1.82, 2.24) is 21.7 Å². The Labute approximate surface area is 161 Å². The third kappa shape index (κ3) is 6.01. The van der Waals surface area contributed by atoms with Crippen LogP contribution in [0.2, 0.25) is 0 Å². The quantitative estimate of drug-likeness (QED) is 0.414. The Morgan fingerprint density at radius 1 is 0.714 bits per heavy atom. The fraction of sp³-hybridized carbons (Fsp3) is 0.333. The van der Waals surface area contributed by atoms with Crippen LogP contribution in [0.3, 0.4) is 0 Å². The number of carbonyl (C=O) groups is 4. The van der Waals surface area contributed by atoms with Gasteiger partial charge in [0.05, 0.1) is 23.7 Å². The summed E-state index contributed by atoms with van der Waals surface area (Å²) >= 11 is 0. The van der Waals surface area contributed by atoms with Crippen LogP contribution in [0.25, 0.3) is 0 Å². The molecule has 10 heteroatoms. The van der Waals surface area contributed by atoms with Crippen molar-refractivity contribution in [3.8, 4) is 0 Å². The Bertz CT molecular complexity index is 784. The van der Waals surface area contributed by atoms with E-state index in [1.807, 2.05) is 0 Å². The molecule has 0 aliphatic rings. The number of nitrogens with one attached hydrogen (secondary N) is 4. The highest BCUT2D eigenvalue weighted by atomic mass is 16.3. The minimum atomic E-state index is -0.470. The smallest absolute Gasteiger partial charge is 0.273 e. The van der Waals surface area contributed by atoms with E-state index in [-0.39, 0.29) is 24.7 Å². The number of rotatable bonds is 7. The third-order valence-electron chi connectivity index (χ3n) is 3.90. The predicted molar refractivity (Wildman–Crippen MR) is 96.6 cm³/mol. The third-order valence-corrected chi connectivity index (χ3v) is 3.90. The summed E-state index contributed by atoms with van der Waals surface area (Å²) in [6, 6.07) is 3.00. The molecule has 0 unspecified atom stereocenters. The van der Waals surface area contributed by atoms with Crippen molar-refractivity contribution in [2.45, 2.75) is 39.5 Å². The van der Waals surface area contributed by atoms with Gasteiger partial charge < -0.3 is 8.83 Å². The van der Waals surface area contributed by atoms with Gasteiger partial charge in [0.2, 0.25) is 11.8 Å². The lowest BCUT2D eigenvalue weighted by molar-refractivity contribution is -0.123. The van der Waals surface area contributed by atoms with Crippen LogP contribution in [0.4, 0.5) is 0 Å². The van der Waals surface area contributed by atoms with Gasteiger partial charge in [-0.2, -0.15) is 0 Å². The van der Waals surface area contributed by atoms with E-state index in [1.165, 1.54) is 24.7 Å². The van der Waals surface area contributed by atoms with Crippen LogP contribution in [-0.2, 0) is 9.59 Å². The van der Waals surface area contributed by atoms with Gasteiger partial charge in [-0.1, -0.05) is 0 Å². The Morgan fingerprint density at radius 3 is 1.43 bits per heavy atom. The Kier molecular flexibility index (Phi) is 7.37. The molecule has 0 aliphatic heterocycles. The van der Waals surface area contributed by atoms with Crippen LogP contribution in [0, 0.1) is 13.8 Å². The SMILES string of the molecule is Cc1occc1C(=O)NNC(=O)CCCCC(=O)NNC(=O)c1ccoc1C. The molecule has 0 spiro atoms. The van der Waals surface area contributed by atoms with Crippen LogP contribution in [-0.4, -0.2) is 23.6 Å². The van der Waals surface area contributed by atoms with Gasteiger partial charge in [0, 0.05) is 12.8 Å². The van der Waals surface area contributed by atoms with Crippen LogP contribution in [0.15, 0.2) is 33.5 Å². The van der Waals surface area contributed by atoms with Crippen LogP contribution >= 0.6 is 0 Å². The molecular formula is C18H22N4O6. The normalized spacial score (nSPS) is 10.2. The number of hydrazine groups is 2. The second-order valence-electron chi connectivity index (χ2n) is 5.99. The first-order valence-electron chi connectivity index (χ1n) is 8.65. The van der Waals surface area contributed by atoms with E-state index in [9.17, 15) is 19.2 Å². The van der Waals surface area contributed by atoms with Crippen molar-refractivity contribution in [2.24, 2.45) is 0 Å². The first-order valence-corrected chi connectivity index (χ1v) is 8.65. The number of carbonyl (C=O) groups excluding carboxylic acids is 4. The van der Waals surface area contributed by atoms with Crippen LogP contribution in [0.5, 0.6) is 0 Å². The van der Waals surface area contributed by atoms with Crippen molar-refractivity contribution in [3.05, 3.63) is 47.3 Å². The summed E-state index contributed by atoms with van der Waals surface area (Å²) in [5.74, 6) is -0.789. The molecule has 2 heterocycles. The molecule has 0 saturated carbocycles. The molecule has 0 radical (unpaired) electrons. The molecule has 2 rings (SSSR count). The molecule has 4 amide bonds. The molecule has 4 N–H and O–H groups in total. The Hall–Kier alpha value is -3.56. The molecule has 0 bridgehead atoms. The zero-order chi connectivity index (χ0) is 20.5. The maximum atomic E-state index is 11.8. The maximum Gasteiger partial charge on any atom is 0.273 e. The van der Waals surface area contributed by atoms with Gasteiger partial charge in [0.1, 0.15) is 11.5 Å². The summed E-state index contributed by atoms with van der Waals surface area (Å²) in [5.41, 5.74) is 9.86. The van der Waals surface area contributed by atoms with Crippen LogP contribution in [0.1, 0.15) is 57.9 Å². The summed E-state index contributed by atoms with van der Waals surface area (Å²) in [6.45, 7) is 3.28. The molecule has 2 aromatic rings. The second-order valence-corrected chi connectivity index (χ2v) is 5.99. The molecule has 0 fully saturated rings. The lowest BCUT2D eigenvalue weighted by atomic mass is 10.2. The number of furan rings is 2. The molecule has 10 nitrogen and oxygen atoms in total. The molecular weight excluding hydrogens is 368 g/mol. The number of unbranched alkanes of at least 4 members (excludes halogenated alkanes) is 1. The molecule has 150 valence electrons. The van der Waals surface area contributed by atoms with E-state index in [0.717, 1.165) is 0 Å². The molecule has 2 aromatic heterocycles. The van der Waals surface area contributed by atoms with Gasteiger partial charge in [-0.25, -0.2) is 0 Å². The zero-order valence-corrected chi connectivity index (χ0v) is 15.6. The maximum absolute atomic E-state index is 11.8. The molecule has 0 saturated heterocycles. The summed E-state index contributed by atoms with van der Waals surface area (Å²) in [5, 5.41) is 0. The number of hydrogen-bond acceptors (Lipinski definition) is 6. The lowest BCUT2D eigenvalue weighted by Crippen LogP contribution is -2.42. The standard InChI is InChI=1S/C18H22N4O6/c1-11-13(7-9-27-11)17(25)21-19-15(23)5-3-4-6-16(24)20-22-18(26)14-8-10-28-12(14)2/h7-10H,3-6H2,1-2H3,(H,19,23)(H,20,24)(H,21,25)(H,22,26). The number of aryl methyl sites for hydroxylation is 2. The summed E-state index contributed by atoms with van der Waals surface area (Å²) in [4.78, 5) is 47.0. The second kappa shape index (κ2) is 9.95. The van der Waals surface area contributed by atoms with Crippen molar-refractivity contribution in [3.63, 3.8) is 0 Å². The topological polar surface area (TPSA) is 143 Å². The zero-order valence-electron chi connectivity index (χ0n) is 15.6. The summed E-state index contributed by atoms with van der Waals surface area (Å²) < 4.78 is 10.0. The average Bonchev–Trinajstić information content (AvgIpc) is 3.29. The largest absolute Gasteiger partial charge is 0.469 e. The van der Waals surface area contributed by atoms with E-state index in [4.69, 9.17) is 8.83 Å². The van der Waals surface area contributed by atoms with E-state index in [0.29, 0.717) is 35.5 Å². The van der Waals surface area contributed by atoms with E-state index in [2.05, 4.69) is 21.7 Å². The predicted octanol–water partition coefficient (Wildman–Crippen LogP) is 1.27. The van der Waals surface area contributed by atoms with Gasteiger partial charge in [-0.15, -0.1) is 0 Å². The fourth-order valence-corrected chi connectivity index (χ4v) is 2.32. The van der Waals surface area contributed by atoms with E-state index >= 15 is 0 Å². The highest BCUT2D eigenvalue weighted by Gasteiger charge is 2.13. The molecule has 28 heavy (non-hydrogen) atoms. The highest BCUT2D eigenvalue weighted by molar-refractivity contribution is 5.96. The van der Waals surface area contributed by atoms with Crippen molar-refractivity contribution in [2.75, 3.05) is 0 Å². The Morgan fingerprint density at radius 2 is 1.11 bits per heavy atom. The van der Waals surface area contributed by atoms with E-state index < -0.39 is 11.8 Å². The van der Waals surface area contributed by atoms with Gasteiger partial charge in [-0.3, -0.25) is 40.9 Å². The number of amides is 4. The Balaban J connectivity index is 1.56. The monoisotopic (exact) mass is 390 g/mol. The molecule has 0 aliphatic carbocycles. The average molecular weight is 390 g/mol. The van der Waals surface area contributed by atoms with Crippen LogP contribution < -0.4 is 21.7 Å². The first kappa shape index (κ1) is 20.7. The lowest BCUT2D eigenvalue weighted by Gasteiger charge is -2.08. The molecule has 0 aromatic carbocycles. The van der Waals surface area contributed by atoms with Crippen molar-refractivity contribution < 1.29 is 28.0 Å². The molecule has 0 atom stereocenters. The van der Waals surface area contributed by atoms with Gasteiger partial charge in [-0.05, 0) is 38.8 Å².